The fourth-order valence-corrected chi connectivity index (χ4v) is 2.76. The summed E-state index contributed by atoms with van der Waals surface area (Å²) < 4.78 is 5.28. The summed E-state index contributed by atoms with van der Waals surface area (Å²) in [4.78, 5) is 0. The van der Waals surface area contributed by atoms with Crippen LogP contribution >= 0.6 is 0 Å². The van der Waals surface area contributed by atoms with E-state index < -0.39 is 0 Å². The fourth-order valence-electron chi connectivity index (χ4n) is 2.76. The molecule has 0 aliphatic carbocycles. The molecule has 0 saturated carbocycles. The van der Waals surface area contributed by atoms with Crippen LogP contribution in [0.2, 0.25) is 0 Å². The smallest absolute Gasteiger partial charge is 0.121 e. The van der Waals surface area contributed by atoms with E-state index in [4.69, 9.17) is 4.74 Å². The van der Waals surface area contributed by atoms with Crippen molar-refractivity contribution in [2.45, 2.75) is 32.7 Å². The molecule has 1 aromatic rings. The van der Waals surface area contributed by atoms with Gasteiger partial charge in [-0.15, -0.1) is 0 Å². The number of aryl methyl sites for hydroxylation is 1. The predicted molar refractivity (Wildman–Crippen MR) is 79.6 cm³/mol. The van der Waals surface area contributed by atoms with Gasteiger partial charge in [0.25, 0.3) is 0 Å². The summed E-state index contributed by atoms with van der Waals surface area (Å²) in [7, 11) is 1.72. The maximum absolute atomic E-state index is 5.28. The quantitative estimate of drug-likeness (QED) is 0.773. The van der Waals surface area contributed by atoms with Crippen LogP contribution in [0.25, 0.3) is 0 Å². The van der Waals surface area contributed by atoms with Crippen molar-refractivity contribution in [3.8, 4) is 5.75 Å². The van der Waals surface area contributed by atoms with Gasteiger partial charge in [0.15, 0.2) is 0 Å². The highest BCUT2D eigenvalue weighted by molar-refractivity contribution is 5.36. The first-order valence-electron chi connectivity index (χ1n) is 7.34. The van der Waals surface area contributed by atoms with Crippen molar-refractivity contribution in [3.63, 3.8) is 0 Å². The van der Waals surface area contributed by atoms with Crippen LogP contribution in [0.4, 0.5) is 0 Å². The molecular formula is C16H26N2O. The third kappa shape index (κ3) is 4.51. The van der Waals surface area contributed by atoms with Gasteiger partial charge in [0, 0.05) is 6.54 Å². The van der Waals surface area contributed by atoms with Crippen molar-refractivity contribution in [1.82, 2.24) is 10.6 Å². The van der Waals surface area contributed by atoms with Crippen molar-refractivity contribution >= 4 is 0 Å². The molecule has 19 heavy (non-hydrogen) atoms. The van der Waals surface area contributed by atoms with Gasteiger partial charge >= 0.3 is 0 Å². The third-order valence-corrected chi connectivity index (χ3v) is 3.98. The van der Waals surface area contributed by atoms with Crippen LogP contribution in [-0.4, -0.2) is 26.7 Å². The molecule has 0 bridgehead atoms. The molecule has 2 rings (SSSR count). The molecule has 1 aliphatic heterocycles. The van der Waals surface area contributed by atoms with Crippen LogP contribution in [0, 0.1) is 12.8 Å². The maximum atomic E-state index is 5.28. The highest BCUT2D eigenvalue weighted by Gasteiger charge is 2.11. The molecule has 1 aliphatic rings. The van der Waals surface area contributed by atoms with E-state index in [-0.39, 0.29) is 0 Å². The summed E-state index contributed by atoms with van der Waals surface area (Å²) in [6.07, 6.45) is 3.98. The van der Waals surface area contributed by atoms with E-state index in [0.29, 0.717) is 0 Å². The molecule has 3 heteroatoms. The van der Waals surface area contributed by atoms with E-state index in [9.17, 15) is 0 Å². The van der Waals surface area contributed by atoms with Gasteiger partial charge in [-0.25, -0.2) is 0 Å². The van der Waals surface area contributed by atoms with E-state index in [1.165, 1.54) is 43.5 Å². The second-order valence-electron chi connectivity index (χ2n) is 5.46. The Bertz CT molecular complexity index is 386. The van der Waals surface area contributed by atoms with Crippen LogP contribution in [-0.2, 0) is 6.54 Å². The first kappa shape index (κ1) is 14.4. The average molecular weight is 262 g/mol. The molecule has 0 atom stereocenters. The van der Waals surface area contributed by atoms with E-state index in [1.807, 2.05) is 0 Å². The zero-order valence-electron chi connectivity index (χ0n) is 12.2. The summed E-state index contributed by atoms with van der Waals surface area (Å²) in [5, 5.41) is 6.97. The molecular weight excluding hydrogens is 236 g/mol. The van der Waals surface area contributed by atoms with Crippen molar-refractivity contribution in [2.75, 3.05) is 26.7 Å². The van der Waals surface area contributed by atoms with Gasteiger partial charge in [0.05, 0.1) is 7.11 Å². The Hall–Kier alpha value is -1.06. The number of methoxy groups -OCH3 is 1. The average Bonchev–Trinajstić information content (AvgIpc) is 2.45. The molecule has 106 valence electrons. The van der Waals surface area contributed by atoms with Gasteiger partial charge in [-0.2, -0.15) is 0 Å². The van der Waals surface area contributed by atoms with Crippen molar-refractivity contribution in [3.05, 3.63) is 29.3 Å². The summed E-state index contributed by atoms with van der Waals surface area (Å²) >= 11 is 0. The van der Waals surface area contributed by atoms with Gasteiger partial charge in [-0.3, -0.25) is 0 Å². The van der Waals surface area contributed by atoms with E-state index >= 15 is 0 Å². The fraction of sp³-hybridized carbons (Fsp3) is 0.625. The Kier molecular flexibility index (Phi) is 5.67. The summed E-state index contributed by atoms with van der Waals surface area (Å²) in [5.41, 5.74) is 2.55. The van der Waals surface area contributed by atoms with Gasteiger partial charge in [0.2, 0.25) is 0 Å². The Morgan fingerprint density at radius 3 is 2.79 bits per heavy atom. The lowest BCUT2D eigenvalue weighted by atomic mass is 9.95. The maximum Gasteiger partial charge on any atom is 0.121 e. The molecule has 1 aromatic carbocycles. The highest BCUT2D eigenvalue weighted by Crippen LogP contribution is 2.18. The molecule has 1 heterocycles. The van der Waals surface area contributed by atoms with E-state index in [1.54, 1.807) is 7.11 Å². The van der Waals surface area contributed by atoms with Crippen LogP contribution in [0.1, 0.15) is 30.4 Å². The topological polar surface area (TPSA) is 33.3 Å². The number of benzene rings is 1. The highest BCUT2D eigenvalue weighted by atomic mass is 16.5. The van der Waals surface area contributed by atoms with Gasteiger partial charge in [-0.05, 0) is 68.9 Å². The number of rotatable bonds is 6. The molecule has 0 spiro atoms. The minimum atomic E-state index is 0.909. The molecule has 0 aromatic heterocycles. The van der Waals surface area contributed by atoms with Crippen LogP contribution in [0.3, 0.4) is 0 Å². The van der Waals surface area contributed by atoms with Crippen LogP contribution in [0.5, 0.6) is 5.75 Å². The van der Waals surface area contributed by atoms with Gasteiger partial charge in [-0.1, -0.05) is 12.1 Å². The number of hydrogen-bond acceptors (Lipinski definition) is 3. The third-order valence-electron chi connectivity index (χ3n) is 3.98. The Labute approximate surface area is 116 Å². The number of ether oxygens (including phenoxy) is 1. The lowest BCUT2D eigenvalue weighted by molar-refractivity contribution is 0.348. The molecule has 0 unspecified atom stereocenters. The van der Waals surface area contributed by atoms with Crippen LogP contribution in [0.15, 0.2) is 18.2 Å². The molecule has 3 nitrogen and oxygen atoms in total. The van der Waals surface area contributed by atoms with Crippen molar-refractivity contribution in [2.24, 2.45) is 5.92 Å². The molecule has 0 radical (unpaired) electrons. The summed E-state index contributed by atoms with van der Waals surface area (Å²) in [6, 6.07) is 6.40. The number of piperidine rings is 1. The first-order valence-corrected chi connectivity index (χ1v) is 7.34. The SMILES string of the molecule is COc1ccc(CNCCC2CCNCC2)cc1C. The molecule has 1 fully saturated rings. The Balaban J connectivity index is 1.69. The van der Waals surface area contributed by atoms with Gasteiger partial charge in [0.1, 0.15) is 5.75 Å². The van der Waals surface area contributed by atoms with Crippen LogP contribution < -0.4 is 15.4 Å². The summed E-state index contributed by atoms with van der Waals surface area (Å²) in [5.74, 6) is 1.88. The molecule has 2 N–H and O–H groups in total. The zero-order valence-corrected chi connectivity index (χ0v) is 12.2. The standard InChI is InChI=1S/C16H26N2O/c1-13-11-15(3-4-16(13)19-2)12-18-10-7-14-5-8-17-9-6-14/h3-4,11,14,17-18H,5-10,12H2,1-2H3. The lowest BCUT2D eigenvalue weighted by Gasteiger charge is -2.22. The summed E-state index contributed by atoms with van der Waals surface area (Å²) in [6.45, 7) is 6.56. The second-order valence-corrected chi connectivity index (χ2v) is 5.46. The van der Waals surface area contributed by atoms with E-state index in [0.717, 1.165) is 24.8 Å². The predicted octanol–water partition coefficient (Wildman–Crippen LogP) is 2.48. The van der Waals surface area contributed by atoms with Gasteiger partial charge < -0.3 is 15.4 Å². The number of nitrogens with one attached hydrogen (secondary N) is 2. The lowest BCUT2D eigenvalue weighted by Crippen LogP contribution is -2.29. The Morgan fingerprint density at radius 1 is 1.32 bits per heavy atom. The van der Waals surface area contributed by atoms with Crippen molar-refractivity contribution < 1.29 is 4.74 Å². The van der Waals surface area contributed by atoms with Crippen molar-refractivity contribution in [1.29, 1.82) is 0 Å². The number of hydrogen-bond donors (Lipinski definition) is 2. The monoisotopic (exact) mass is 262 g/mol. The minimum Gasteiger partial charge on any atom is -0.496 e. The molecule has 1 saturated heterocycles. The normalized spacial score (nSPS) is 16.5. The largest absolute Gasteiger partial charge is 0.496 e. The zero-order chi connectivity index (χ0) is 13.5. The van der Waals surface area contributed by atoms with E-state index in [2.05, 4.69) is 35.8 Å². The Morgan fingerprint density at radius 2 is 2.11 bits per heavy atom. The first-order chi connectivity index (χ1) is 9.29. The molecule has 0 amide bonds. The minimum absolute atomic E-state index is 0.909. The second kappa shape index (κ2) is 7.51.